The van der Waals surface area contributed by atoms with Crippen LogP contribution in [-0.2, 0) is 6.54 Å². The number of hydrogen-bond acceptors (Lipinski definition) is 2. The zero-order chi connectivity index (χ0) is 13.8. The highest BCUT2D eigenvalue weighted by Gasteiger charge is 2.43. The smallest absolute Gasteiger partial charge is 0.0236 e. The van der Waals surface area contributed by atoms with E-state index in [0.29, 0.717) is 11.5 Å². The molecule has 0 aromatic heterocycles. The highest BCUT2D eigenvalue weighted by molar-refractivity contribution is 5.15. The molecule has 2 nitrogen and oxygen atoms in total. The molecule has 1 aliphatic carbocycles. The van der Waals surface area contributed by atoms with Crippen molar-refractivity contribution in [3.8, 4) is 0 Å². The van der Waals surface area contributed by atoms with Gasteiger partial charge in [0.2, 0.25) is 0 Å². The van der Waals surface area contributed by atoms with Crippen molar-refractivity contribution in [3.05, 3.63) is 35.9 Å². The second kappa shape index (κ2) is 6.28. The lowest BCUT2D eigenvalue weighted by molar-refractivity contribution is 0.0340. The maximum absolute atomic E-state index is 6.23. The SMILES string of the molecule is NCC1(C2CCCCN2Cc2ccccc2)CCCC1. The first-order chi connectivity index (χ1) is 9.84. The third-order valence-electron chi connectivity index (χ3n) is 5.55. The van der Waals surface area contributed by atoms with Gasteiger partial charge in [-0.25, -0.2) is 0 Å². The lowest BCUT2D eigenvalue weighted by Crippen LogP contribution is -2.52. The van der Waals surface area contributed by atoms with Crippen LogP contribution in [0, 0.1) is 5.41 Å². The molecule has 110 valence electrons. The van der Waals surface area contributed by atoms with E-state index in [9.17, 15) is 0 Å². The molecule has 0 spiro atoms. The fraction of sp³-hybridized carbons (Fsp3) is 0.667. The van der Waals surface area contributed by atoms with E-state index in [1.807, 2.05) is 0 Å². The molecule has 1 aliphatic heterocycles. The number of benzene rings is 1. The van der Waals surface area contributed by atoms with E-state index in [0.717, 1.165) is 13.1 Å². The minimum Gasteiger partial charge on any atom is -0.330 e. The van der Waals surface area contributed by atoms with E-state index in [2.05, 4.69) is 35.2 Å². The van der Waals surface area contributed by atoms with Crippen LogP contribution in [-0.4, -0.2) is 24.0 Å². The number of likely N-dealkylation sites (tertiary alicyclic amines) is 1. The van der Waals surface area contributed by atoms with E-state index in [1.165, 1.54) is 57.1 Å². The van der Waals surface area contributed by atoms with Crippen molar-refractivity contribution >= 4 is 0 Å². The van der Waals surface area contributed by atoms with Gasteiger partial charge < -0.3 is 5.73 Å². The standard InChI is InChI=1S/C18H28N2/c19-15-18(11-5-6-12-18)17-10-4-7-13-20(17)14-16-8-2-1-3-9-16/h1-3,8-9,17H,4-7,10-15,19H2. The summed E-state index contributed by atoms with van der Waals surface area (Å²) in [5.41, 5.74) is 8.09. The molecule has 1 atom stereocenters. The van der Waals surface area contributed by atoms with Gasteiger partial charge in [-0.2, -0.15) is 0 Å². The van der Waals surface area contributed by atoms with Gasteiger partial charge in [0.05, 0.1) is 0 Å². The van der Waals surface area contributed by atoms with Crippen LogP contribution in [0.2, 0.25) is 0 Å². The molecule has 0 bridgehead atoms. The predicted molar refractivity (Wildman–Crippen MR) is 84.4 cm³/mol. The number of piperidine rings is 1. The van der Waals surface area contributed by atoms with Crippen LogP contribution in [0.25, 0.3) is 0 Å². The summed E-state index contributed by atoms with van der Waals surface area (Å²) >= 11 is 0. The Morgan fingerprint density at radius 2 is 1.80 bits per heavy atom. The van der Waals surface area contributed by atoms with Crippen LogP contribution in [0.1, 0.15) is 50.5 Å². The van der Waals surface area contributed by atoms with E-state index in [4.69, 9.17) is 5.73 Å². The average Bonchev–Trinajstić information content (AvgIpc) is 2.99. The Labute approximate surface area is 123 Å². The summed E-state index contributed by atoms with van der Waals surface area (Å²) in [5.74, 6) is 0. The highest BCUT2D eigenvalue weighted by Crippen LogP contribution is 2.45. The summed E-state index contributed by atoms with van der Waals surface area (Å²) in [6, 6.07) is 11.6. The summed E-state index contributed by atoms with van der Waals surface area (Å²) in [4.78, 5) is 2.73. The average molecular weight is 272 g/mol. The zero-order valence-corrected chi connectivity index (χ0v) is 12.6. The van der Waals surface area contributed by atoms with Gasteiger partial charge in [0, 0.05) is 12.6 Å². The van der Waals surface area contributed by atoms with E-state index < -0.39 is 0 Å². The first kappa shape index (κ1) is 14.1. The minimum atomic E-state index is 0.412. The van der Waals surface area contributed by atoms with Crippen LogP contribution < -0.4 is 5.73 Å². The second-order valence-electron chi connectivity index (χ2n) is 6.74. The molecule has 2 aliphatic rings. The summed E-state index contributed by atoms with van der Waals surface area (Å²) in [6.07, 6.45) is 9.55. The Balaban J connectivity index is 1.77. The number of rotatable bonds is 4. The molecular weight excluding hydrogens is 244 g/mol. The Kier molecular flexibility index (Phi) is 4.42. The number of hydrogen-bond donors (Lipinski definition) is 1. The summed E-state index contributed by atoms with van der Waals surface area (Å²) in [7, 11) is 0. The first-order valence-electron chi connectivity index (χ1n) is 8.32. The Morgan fingerprint density at radius 1 is 1.05 bits per heavy atom. The predicted octanol–water partition coefficient (Wildman–Crippen LogP) is 3.56. The van der Waals surface area contributed by atoms with Crippen molar-refractivity contribution in [1.29, 1.82) is 0 Å². The molecule has 20 heavy (non-hydrogen) atoms. The summed E-state index contributed by atoms with van der Waals surface area (Å²) in [5, 5.41) is 0. The molecule has 0 amide bonds. The lowest BCUT2D eigenvalue weighted by Gasteiger charge is -2.46. The molecule has 0 radical (unpaired) electrons. The molecule has 3 rings (SSSR count). The van der Waals surface area contributed by atoms with Gasteiger partial charge in [-0.05, 0) is 49.8 Å². The van der Waals surface area contributed by atoms with Crippen molar-refractivity contribution in [2.75, 3.05) is 13.1 Å². The van der Waals surface area contributed by atoms with Crippen molar-refractivity contribution < 1.29 is 0 Å². The second-order valence-corrected chi connectivity index (χ2v) is 6.74. The summed E-state index contributed by atoms with van der Waals surface area (Å²) < 4.78 is 0. The van der Waals surface area contributed by atoms with Crippen LogP contribution in [0.4, 0.5) is 0 Å². The van der Waals surface area contributed by atoms with Gasteiger partial charge in [-0.3, -0.25) is 4.90 Å². The molecule has 1 heterocycles. The molecule has 1 saturated heterocycles. The van der Waals surface area contributed by atoms with Crippen LogP contribution >= 0.6 is 0 Å². The molecule has 1 saturated carbocycles. The molecule has 2 N–H and O–H groups in total. The van der Waals surface area contributed by atoms with Gasteiger partial charge in [0.1, 0.15) is 0 Å². The van der Waals surface area contributed by atoms with E-state index in [-0.39, 0.29) is 0 Å². The summed E-state index contributed by atoms with van der Waals surface area (Å²) in [6.45, 7) is 3.23. The Bertz CT molecular complexity index is 409. The first-order valence-corrected chi connectivity index (χ1v) is 8.32. The van der Waals surface area contributed by atoms with Crippen molar-refractivity contribution in [1.82, 2.24) is 4.90 Å². The molecule has 2 fully saturated rings. The van der Waals surface area contributed by atoms with Crippen LogP contribution in [0.3, 0.4) is 0 Å². The Hall–Kier alpha value is -0.860. The van der Waals surface area contributed by atoms with Gasteiger partial charge in [0.25, 0.3) is 0 Å². The van der Waals surface area contributed by atoms with Crippen molar-refractivity contribution in [2.24, 2.45) is 11.1 Å². The molecular formula is C18H28N2. The third kappa shape index (κ3) is 2.77. The van der Waals surface area contributed by atoms with Gasteiger partial charge in [0.15, 0.2) is 0 Å². The number of nitrogens with two attached hydrogens (primary N) is 1. The van der Waals surface area contributed by atoms with Crippen molar-refractivity contribution in [3.63, 3.8) is 0 Å². The van der Waals surface area contributed by atoms with Gasteiger partial charge in [-0.1, -0.05) is 49.6 Å². The quantitative estimate of drug-likeness (QED) is 0.908. The van der Waals surface area contributed by atoms with E-state index in [1.54, 1.807) is 0 Å². The Morgan fingerprint density at radius 3 is 2.50 bits per heavy atom. The van der Waals surface area contributed by atoms with Crippen molar-refractivity contribution in [2.45, 2.75) is 57.5 Å². The maximum atomic E-state index is 6.23. The normalized spacial score (nSPS) is 26.8. The third-order valence-corrected chi connectivity index (χ3v) is 5.55. The van der Waals surface area contributed by atoms with Crippen LogP contribution in [0.15, 0.2) is 30.3 Å². The molecule has 1 aromatic rings. The zero-order valence-electron chi connectivity index (χ0n) is 12.6. The lowest BCUT2D eigenvalue weighted by atomic mass is 9.74. The molecule has 2 heteroatoms. The van der Waals surface area contributed by atoms with Gasteiger partial charge >= 0.3 is 0 Å². The highest BCUT2D eigenvalue weighted by atomic mass is 15.2. The van der Waals surface area contributed by atoms with Crippen LogP contribution in [0.5, 0.6) is 0 Å². The maximum Gasteiger partial charge on any atom is 0.0236 e. The largest absolute Gasteiger partial charge is 0.330 e. The minimum absolute atomic E-state index is 0.412. The fourth-order valence-corrected chi connectivity index (χ4v) is 4.44. The topological polar surface area (TPSA) is 29.3 Å². The van der Waals surface area contributed by atoms with E-state index >= 15 is 0 Å². The van der Waals surface area contributed by atoms with Gasteiger partial charge in [-0.15, -0.1) is 0 Å². The molecule has 1 aromatic carbocycles. The number of nitrogens with zero attached hydrogens (tertiary/aromatic N) is 1. The fourth-order valence-electron chi connectivity index (χ4n) is 4.44. The molecule has 1 unspecified atom stereocenters. The monoisotopic (exact) mass is 272 g/mol.